The molecule has 0 bridgehead atoms. The predicted octanol–water partition coefficient (Wildman–Crippen LogP) is 6.61. The van der Waals surface area contributed by atoms with Gasteiger partial charge in [0, 0.05) is 13.0 Å². The van der Waals surface area contributed by atoms with E-state index in [0.717, 1.165) is 12.8 Å². The van der Waals surface area contributed by atoms with Crippen LogP contribution in [0, 0.1) is 11.8 Å². The van der Waals surface area contributed by atoms with Crippen molar-refractivity contribution in [2.45, 2.75) is 109 Å². The van der Waals surface area contributed by atoms with Crippen molar-refractivity contribution >= 4 is 12.6 Å². The summed E-state index contributed by atoms with van der Waals surface area (Å²) in [5.74, 6) is 0.313. The van der Waals surface area contributed by atoms with Gasteiger partial charge >= 0.3 is 0 Å². The molecular formula is C21H44O2S. The monoisotopic (exact) mass is 360 g/mol. The van der Waals surface area contributed by atoms with Crippen LogP contribution >= 0.6 is 12.6 Å². The molecule has 0 aliphatic rings. The maximum atomic E-state index is 10.7. The lowest BCUT2D eigenvalue weighted by atomic mass is 9.85. The second-order valence-electron chi connectivity index (χ2n) is 7.57. The number of thiol groups is 1. The third-order valence-corrected chi connectivity index (χ3v) is 6.20. The van der Waals surface area contributed by atoms with Crippen LogP contribution in [-0.2, 0) is 4.74 Å². The highest BCUT2D eigenvalue weighted by molar-refractivity contribution is 7.81. The van der Waals surface area contributed by atoms with Gasteiger partial charge in [0.1, 0.15) is 4.93 Å². The van der Waals surface area contributed by atoms with Crippen LogP contribution in [0.2, 0.25) is 0 Å². The number of unbranched alkanes of at least 4 members (excludes halogenated alkanes) is 10. The van der Waals surface area contributed by atoms with E-state index < -0.39 is 4.93 Å². The zero-order valence-electron chi connectivity index (χ0n) is 16.9. The molecule has 0 heterocycles. The molecule has 0 amide bonds. The minimum absolute atomic E-state index is 0.0588. The standard InChI is InChI=1S/C21H44O2S/c1-5-7-8-9-10-11-12-13-14-15-16-17-20(6-2)21(22,24)19(3)18-23-4/h19-20,22,24H,5-18H2,1-4H3. The summed E-state index contributed by atoms with van der Waals surface area (Å²) in [6, 6.07) is 0. The van der Waals surface area contributed by atoms with Gasteiger partial charge in [0.25, 0.3) is 0 Å². The van der Waals surface area contributed by atoms with Crippen molar-refractivity contribution in [3.05, 3.63) is 0 Å². The van der Waals surface area contributed by atoms with Gasteiger partial charge in [-0.05, 0) is 18.8 Å². The average molecular weight is 361 g/mol. The summed E-state index contributed by atoms with van der Waals surface area (Å²) < 4.78 is 5.19. The van der Waals surface area contributed by atoms with E-state index in [0.29, 0.717) is 6.61 Å². The van der Waals surface area contributed by atoms with Gasteiger partial charge in [-0.3, -0.25) is 0 Å². The van der Waals surface area contributed by atoms with Gasteiger partial charge in [-0.25, -0.2) is 0 Å². The second kappa shape index (κ2) is 15.5. The highest BCUT2D eigenvalue weighted by Gasteiger charge is 2.36. The molecule has 2 nitrogen and oxygen atoms in total. The van der Waals surface area contributed by atoms with E-state index in [1.54, 1.807) is 7.11 Å². The van der Waals surface area contributed by atoms with Crippen molar-refractivity contribution in [2.75, 3.05) is 13.7 Å². The van der Waals surface area contributed by atoms with Gasteiger partial charge < -0.3 is 9.84 Å². The van der Waals surface area contributed by atoms with Crippen molar-refractivity contribution < 1.29 is 9.84 Å². The SMILES string of the molecule is CCCCCCCCCCCCCC(CC)C(O)(S)C(C)COC. The van der Waals surface area contributed by atoms with Crippen LogP contribution in [0.4, 0.5) is 0 Å². The highest BCUT2D eigenvalue weighted by atomic mass is 32.1. The first-order valence-electron chi connectivity index (χ1n) is 10.4. The second-order valence-corrected chi connectivity index (χ2v) is 8.29. The fourth-order valence-corrected chi connectivity index (χ4v) is 3.93. The molecule has 0 aliphatic heterocycles. The zero-order valence-corrected chi connectivity index (χ0v) is 17.8. The third kappa shape index (κ3) is 11.0. The molecule has 3 unspecified atom stereocenters. The summed E-state index contributed by atoms with van der Waals surface area (Å²) >= 11 is 4.57. The Hall–Kier alpha value is 0.270. The summed E-state index contributed by atoms with van der Waals surface area (Å²) in [5, 5.41) is 10.7. The van der Waals surface area contributed by atoms with Gasteiger partial charge in [0.15, 0.2) is 0 Å². The lowest BCUT2D eigenvalue weighted by Crippen LogP contribution is -2.40. The van der Waals surface area contributed by atoms with E-state index in [1.807, 2.05) is 6.92 Å². The smallest absolute Gasteiger partial charge is 0.115 e. The molecule has 0 fully saturated rings. The Balaban J connectivity index is 3.70. The maximum Gasteiger partial charge on any atom is 0.115 e. The van der Waals surface area contributed by atoms with Gasteiger partial charge in [-0.1, -0.05) is 91.4 Å². The normalized spacial score (nSPS) is 16.8. The average Bonchev–Trinajstić information content (AvgIpc) is 2.56. The lowest BCUT2D eigenvalue weighted by molar-refractivity contribution is -0.0131. The first kappa shape index (κ1) is 24.3. The molecule has 0 spiro atoms. The quantitative estimate of drug-likeness (QED) is 0.173. The molecule has 146 valence electrons. The van der Waals surface area contributed by atoms with Crippen LogP contribution in [0.3, 0.4) is 0 Å². The van der Waals surface area contributed by atoms with E-state index in [9.17, 15) is 5.11 Å². The Morgan fingerprint density at radius 3 is 1.75 bits per heavy atom. The fraction of sp³-hybridized carbons (Fsp3) is 1.00. The number of aliphatic hydroxyl groups is 1. The van der Waals surface area contributed by atoms with Crippen LogP contribution < -0.4 is 0 Å². The summed E-state index contributed by atoms with van der Waals surface area (Å²) in [7, 11) is 1.69. The van der Waals surface area contributed by atoms with Gasteiger partial charge in [-0.2, -0.15) is 0 Å². The Morgan fingerprint density at radius 1 is 0.875 bits per heavy atom. The molecule has 0 radical (unpaired) electrons. The summed E-state index contributed by atoms with van der Waals surface area (Å²) in [6.07, 6.45) is 17.1. The first-order valence-corrected chi connectivity index (χ1v) is 10.9. The van der Waals surface area contributed by atoms with E-state index in [4.69, 9.17) is 4.74 Å². The summed E-state index contributed by atoms with van der Waals surface area (Å²) in [5.41, 5.74) is 0. The molecule has 0 aromatic carbocycles. The Morgan fingerprint density at radius 2 is 1.33 bits per heavy atom. The predicted molar refractivity (Wildman–Crippen MR) is 110 cm³/mol. The van der Waals surface area contributed by atoms with Crippen molar-refractivity contribution in [3.63, 3.8) is 0 Å². The van der Waals surface area contributed by atoms with Gasteiger partial charge in [-0.15, -0.1) is 12.6 Å². The van der Waals surface area contributed by atoms with E-state index in [2.05, 4.69) is 26.5 Å². The molecule has 0 rings (SSSR count). The molecule has 0 saturated carbocycles. The van der Waals surface area contributed by atoms with Gasteiger partial charge in [0.05, 0.1) is 6.61 Å². The van der Waals surface area contributed by atoms with Crippen LogP contribution in [0.1, 0.15) is 104 Å². The molecule has 1 N–H and O–H groups in total. The fourth-order valence-electron chi connectivity index (χ4n) is 3.55. The largest absolute Gasteiger partial charge is 0.384 e. The Labute approximate surface area is 157 Å². The summed E-state index contributed by atoms with van der Waals surface area (Å²) in [6.45, 7) is 7.02. The van der Waals surface area contributed by atoms with Crippen molar-refractivity contribution in [2.24, 2.45) is 11.8 Å². The van der Waals surface area contributed by atoms with E-state index in [1.165, 1.54) is 70.6 Å². The first-order chi connectivity index (χ1) is 11.5. The molecule has 0 aromatic heterocycles. The van der Waals surface area contributed by atoms with Crippen molar-refractivity contribution in [1.29, 1.82) is 0 Å². The number of hydrogen-bond donors (Lipinski definition) is 2. The minimum atomic E-state index is -0.913. The number of hydrogen-bond acceptors (Lipinski definition) is 3. The van der Waals surface area contributed by atoms with Crippen LogP contribution in [0.15, 0.2) is 0 Å². The minimum Gasteiger partial charge on any atom is -0.384 e. The molecule has 0 aliphatic carbocycles. The molecule has 3 heteroatoms. The zero-order chi connectivity index (χ0) is 18.3. The molecule has 3 atom stereocenters. The van der Waals surface area contributed by atoms with Crippen LogP contribution in [0.5, 0.6) is 0 Å². The topological polar surface area (TPSA) is 29.5 Å². The number of rotatable bonds is 17. The lowest BCUT2D eigenvalue weighted by Gasteiger charge is -2.36. The van der Waals surface area contributed by atoms with Crippen molar-refractivity contribution in [3.8, 4) is 0 Å². The molecule has 0 saturated heterocycles. The van der Waals surface area contributed by atoms with Crippen molar-refractivity contribution in [1.82, 2.24) is 0 Å². The molecule has 24 heavy (non-hydrogen) atoms. The number of methoxy groups -OCH3 is 1. The van der Waals surface area contributed by atoms with E-state index >= 15 is 0 Å². The Kier molecular flexibility index (Phi) is 15.7. The van der Waals surface area contributed by atoms with Gasteiger partial charge in [0.2, 0.25) is 0 Å². The van der Waals surface area contributed by atoms with E-state index in [-0.39, 0.29) is 11.8 Å². The third-order valence-electron chi connectivity index (χ3n) is 5.39. The summed E-state index contributed by atoms with van der Waals surface area (Å²) in [4.78, 5) is -0.913. The number of ether oxygens (including phenoxy) is 1. The van der Waals surface area contributed by atoms with Crippen LogP contribution in [0.25, 0.3) is 0 Å². The molecular weight excluding hydrogens is 316 g/mol. The Bertz CT molecular complexity index is 269. The highest BCUT2D eigenvalue weighted by Crippen LogP contribution is 2.36. The maximum absolute atomic E-state index is 10.7. The van der Waals surface area contributed by atoms with Crippen LogP contribution in [-0.4, -0.2) is 23.8 Å². The molecule has 0 aromatic rings.